The van der Waals surface area contributed by atoms with Gasteiger partial charge in [0.05, 0.1) is 11.5 Å². The molecule has 2 aromatic carbocycles. The van der Waals surface area contributed by atoms with Gasteiger partial charge in [0.1, 0.15) is 0 Å². The highest BCUT2D eigenvalue weighted by atomic mass is 32.2. The minimum atomic E-state index is -5.35. The Morgan fingerprint density at radius 1 is 1.06 bits per heavy atom. The number of nitrogens with zero attached hydrogens (tertiary/aromatic N) is 1. The first-order chi connectivity index (χ1) is 16.5. The Kier molecular flexibility index (Phi) is 7.65. The predicted molar refractivity (Wildman–Crippen MR) is 122 cm³/mol. The van der Waals surface area contributed by atoms with Crippen molar-refractivity contribution in [1.82, 2.24) is 10.3 Å². The lowest BCUT2D eigenvalue weighted by atomic mass is 10.1. The second-order valence-corrected chi connectivity index (χ2v) is 9.46. The molecule has 0 radical (unpaired) electrons. The normalized spacial score (nSPS) is 13.4. The number of hydrogen-bond donors (Lipinski definition) is 3. The van der Waals surface area contributed by atoms with E-state index >= 15 is 0 Å². The monoisotopic (exact) mass is 528 g/mol. The summed E-state index contributed by atoms with van der Waals surface area (Å²) in [5.41, 5.74) is -4.09. The molecular weight excluding hydrogens is 509 g/mol. The fourth-order valence-electron chi connectivity index (χ4n) is 2.84. The zero-order valence-corrected chi connectivity index (χ0v) is 19.6. The van der Waals surface area contributed by atoms with Crippen LogP contribution in [0.1, 0.15) is 17.3 Å². The van der Waals surface area contributed by atoms with Crippen molar-refractivity contribution >= 4 is 44.1 Å². The maximum absolute atomic E-state index is 14.3. The van der Waals surface area contributed by atoms with E-state index in [1.54, 1.807) is 16.8 Å². The molecule has 0 fully saturated rings. The van der Waals surface area contributed by atoms with Crippen molar-refractivity contribution in [2.24, 2.45) is 0 Å². The number of esters is 1. The lowest BCUT2D eigenvalue weighted by Crippen LogP contribution is -2.69. The molecule has 1 aromatic heterocycles. The molecule has 0 aliphatic heterocycles. The molecule has 0 saturated heterocycles. The van der Waals surface area contributed by atoms with Gasteiger partial charge in [0.25, 0.3) is 15.9 Å². The molecule has 35 heavy (non-hydrogen) atoms. The summed E-state index contributed by atoms with van der Waals surface area (Å²) in [5.74, 6) is -2.98. The summed E-state index contributed by atoms with van der Waals surface area (Å²) < 4.78 is 74.7. The number of amides is 1. The molecule has 0 saturated carbocycles. The highest BCUT2D eigenvalue weighted by molar-refractivity contribution is 7.93. The molecule has 3 N–H and O–H groups in total. The van der Waals surface area contributed by atoms with Crippen LogP contribution in [0.25, 0.3) is 0 Å². The first kappa shape index (κ1) is 26.0. The number of thiazole rings is 1. The molecule has 0 spiro atoms. The van der Waals surface area contributed by atoms with E-state index in [2.05, 4.69) is 14.4 Å². The average molecular weight is 529 g/mol. The lowest BCUT2D eigenvalue weighted by Gasteiger charge is -2.35. The molecule has 0 bridgehead atoms. The number of carbonyl (C=O) groups excluding carboxylic acids is 2. The number of anilines is 2. The smallest absolute Gasteiger partial charge is 0.441 e. The molecule has 1 atom stereocenters. The summed E-state index contributed by atoms with van der Waals surface area (Å²) >= 11 is 1.04. The molecule has 0 unspecified atom stereocenters. The van der Waals surface area contributed by atoms with E-state index < -0.39 is 33.7 Å². The second kappa shape index (κ2) is 10.3. The first-order valence-electron chi connectivity index (χ1n) is 9.90. The van der Waals surface area contributed by atoms with E-state index in [4.69, 9.17) is 0 Å². The number of carbonyl (C=O) groups is 2. The second-order valence-electron chi connectivity index (χ2n) is 6.88. The third kappa shape index (κ3) is 5.89. The molecule has 186 valence electrons. The van der Waals surface area contributed by atoms with Gasteiger partial charge >= 0.3 is 17.8 Å². The molecule has 14 heteroatoms. The Morgan fingerprint density at radius 2 is 1.71 bits per heavy atom. The molecular formula is C21H19F3N4O5S2. The minimum Gasteiger partial charge on any atom is -0.463 e. The number of hydrogen-bond acceptors (Lipinski definition) is 8. The fraction of sp³-hybridized carbons (Fsp3) is 0.190. The van der Waals surface area contributed by atoms with Crippen molar-refractivity contribution in [3.05, 3.63) is 71.7 Å². The zero-order chi connectivity index (χ0) is 25.7. The molecule has 0 aliphatic carbocycles. The van der Waals surface area contributed by atoms with Crippen molar-refractivity contribution in [3.63, 3.8) is 0 Å². The van der Waals surface area contributed by atoms with Crippen LogP contribution in [0.3, 0.4) is 0 Å². The van der Waals surface area contributed by atoms with Gasteiger partial charge in [-0.1, -0.05) is 18.2 Å². The molecule has 3 aromatic rings. The third-order valence-corrected chi connectivity index (χ3v) is 6.67. The quantitative estimate of drug-likeness (QED) is 0.286. The SMILES string of the molecule is CCOC(=O)[C@@](NC(=O)c1ccccc1)(Nc1ccc(S(=O)(=O)Nc2nccs2)cc1)C(F)(F)F. The maximum atomic E-state index is 14.3. The Morgan fingerprint density at radius 3 is 2.26 bits per heavy atom. The lowest BCUT2D eigenvalue weighted by molar-refractivity contribution is -0.204. The molecule has 0 aliphatic rings. The van der Waals surface area contributed by atoms with Gasteiger partial charge in [0, 0.05) is 22.8 Å². The van der Waals surface area contributed by atoms with Crippen LogP contribution in [0.5, 0.6) is 0 Å². The summed E-state index contributed by atoms with van der Waals surface area (Å²) in [4.78, 5) is 28.7. The van der Waals surface area contributed by atoms with Crippen LogP contribution in [-0.4, -0.2) is 43.7 Å². The Hall–Kier alpha value is -3.65. The number of alkyl halides is 3. The standard InChI is InChI=1S/C21H19F3N4O5S2/c1-2-33-18(30)20(21(22,23)24,27-17(29)14-6-4-3-5-7-14)26-15-8-10-16(11-9-15)35(31,32)28-19-25-12-13-34-19/h3-13,26H,2H2,1H3,(H,25,28)(H,27,29)/t20-/m0/s1. The van der Waals surface area contributed by atoms with Crippen molar-refractivity contribution in [1.29, 1.82) is 0 Å². The number of nitrogens with one attached hydrogen (secondary N) is 3. The van der Waals surface area contributed by atoms with Crippen LogP contribution in [0.4, 0.5) is 24.0 Å². The summed E-state index contributed by atoms with van der Waals surface area (Å²) in [6.07, 6.45) is -3.95. The van der Waals surface area contributed by atoms with Gasteiger partial charge in [-0.15, -0.1) is 11.3 Å². The van der Waals surface area contributed by atoms with Gasteiger partial charge < -0.3 is 15.4 Å². The Labute approximate surface area is 202 Å². The van der Waals surface area contributed by atoms with Crippen molar-refractivity contribution < 1.29 is 35.9 Å². The van der Waals surface area contributed by atoms with Crippen molar-refractivity contribution in [2.45, 2.75) is 23.7 Å². The third-order valence-electron chi connectivity index (χ3n) is 4.49. The highest BCUT2D eigenvalue weighted by Gasteiger charge is 2.63. The van der Waals surface area contributed by atoms with Crippen molar-refractivity contribution in [3.8, 4) is 0 Å². The van der Waals surface area contributed by atoms with Crippen LogP contribution in [-0.2, 0) is 19.6 Å². The fourth-order valence-corrected chi connectivity index (χ4v) is 4.63. The Balaban J connectivity index is 1.94. The average Bonchev–Trinajstić information content (AvgIpc) is 3.31. The Bertz CT molecular complexity index is 1270. The van der Waals surface area contributed by atoms with Crippen molar-refractivity contribution in [2.75, 3.05) is 16.6 Å². The van der Waals surface area contributed by atoms with Gasteiger partial charge in [-0.25, -0.2) is 18.2 Å². The number of halogens is 3. The molecule has 3 rings (SSSR count). The number of aromatic nitrogens is 1. The largest absolute Gasteiger partial charge is 0.463 e. The summed E-state index contributed by atoms with van der Waals surface area (Å²) in [6, 6.07) is 11.1. The summed E-state index contributed by atoms with van der Waals surface area (Å²) in [6.45, 7) is 0.923. The van der Waals surface area contributed by atoms with Crippen LogP contribution in [0, 0.1) is 0 Å². The highest BCUT2D eigenvalue weighted by Crippen LogP contribution is 2.34. The molecule has 9 nitrogen and oxygen atoms in total. The summed E-state index contributed by atoms with van der Waals surface area (Å²) in [7, 11) is -4.07. The van der Waals surface area contributed by atoms with E-state index in [0.29, 0.717) is 0 Å². The maximum Gasteiger partial charge on any atom is 0.441 e. The minimum absolute atomic E-state index is 0.106. The van der Waals surface area contributed by atoms with Crippen LogP contribution in [0.15, 0.2) is 71.1 Å². The van der Waals surface area contributed by atoms with E-state index in [-0.39, 0.29) is 27.9 Å². The van der Waals surface area contributed by atoms with Crippen LogP contribution < -0.4 is 15.4 Å². The summed E-state index contributed by atoms with van der Waals surface area (Å²) in [5, 5.41) is 5.35. The topological polar surface area (TPSA) is 126 Å². The molecule has 1 amide bonds. The van der Waals surface area contributed by atoms with Crippen LogP contribution >= 0.6 is 11.3 Å². The number of rotatable bonds is 9. The van der Waals surface area contributed by atoms with E-state index in [1.165, 1.54) is 37.4 Å². The van der Waals surface area contributed by atoms with E-state index in [9.17, 15) is 31.2 Å². The van der Waals surface area contributed by atoms with Gasteiger partial charge in [-0.05, 0) is 43.3 Å². The van der Waals surface area contributed by atoms with Gasteiger partial charge in [-0.3, -0.25) is 9.52 Å². The van der Waals surface area contributed by atoms with Gasteiger partial charge in [0.2, 0.25) is 0 Å². The van der Waals surface area contributed by atoms with E-state index in [1.807, 2.05) is 5.32 Å². The predicted octanol–water partition coefficient (Wildman–Crippen LogP) is 3.61. The van der Waals surface area contributed by atoms with Crippen LogP contribution in [0.2, 0.25) is 0 Å². The van der Waals surface area contributed by atoms with Gasteiger partial charge in [-0.2, -0.15) is 13.2 Å². The number of ether oxygens (including phenoxy) is 1. The number of benzene rings is 2. The zero-order valence-electron chi connectivity index (χ0n) is 18.0. The van der Waals surface area contributed by atoms with Gasteiger partial charge in [0.15, 0.2) is 5.13 Å². The number of sulfonamides is 1. The van der Waals surface area contributed by atoms with E-state index in [0.717, 1.165) is 35.6 Å². The first-order valence-corrected chi connectivity index (χ1v) is 12.3. The molecule has 1 heterocycles.